The maximum Gasteiger partial charge on any atom is 0.239 e. The number of carbonyl (C=O) groups excluding carboxylic acids is 2. The van der Waals surface area contributed by atoms with Crippen molar-refractivity contribution in [2.24, 2.45) is 0 Å². The molecule has 1 unspecified atom stereocenters. The van der Waals surface area contributed by atoms with Crippen molar-refractivity contribution in [2.45, 2.75) is 40.2 Å². The fraction of sp³-hybridized carbons (Fsp3) is 0.833. The Hall–Kier alpha value is -1.10. The average molecular weight is 243 g/mol. The molecule has 0 bridgehead atoms. The molecule has 2 N–H and O–H groups in total. The van der Waals surface area contributed by atoms with Gasteiger partial charge in [0.15, 0.2) is 0 Å². The van der Waals surface area contributed by atoms with E-state index in [9.17, 15) is 9.59 Å². The van der Waals surface area contributed by atoms with Gasteiger partial charge in [0, 0.05) is 25.6 Å². The topological polar surface area (TPSA) is 61.4 Å². The zero-order valence-electron chi connectivity index (χ0n) is 11.4. The lowest BCUT2D eigenvalue weighted by molar-refractivity contribution is -0.136. The van der Waals surface area contributed by atoms with Gasteiger partial charge in [-0.1, -0.05) is 6.92 Å². The number of carbonyl (C=O) groups is 2. The van der Waals surface area contributed by atoms with Crippen LogP contribution < -0.4 is 10.6 Å². The van der Waals surface area contributed by atoms with Gasteiger partial charge in [-0.15, -0.1) is 0 Å². The third kappa shape index (κ3) is 6.94. The van der Waals surface area contributed by atoms with Gasteiger partial charge >= 0.3 is 0 Å². The van der Waals surface area contributed by atoms with Gasteiger partial charge in [-0.25, -0.2) is 0 Å². The molecule has 0 saturated carbocycles. The number of likely N-dealkylation sites (N-methyl/N-ethyl adjacent to an activating group) is 2. The van der Waals surface area contributed by atoms with Crippen molar-refractivity contribution in [1.29, 1.82) is 0 Å². The molecule has 0 spiro atoms. The summed E-state index contributed by atoms with van der Waals surface area (Å²) in [5.74, 6) is -0.0778. The first kappa shape index (κ1) is 15.9. The van der Waals surface area contributed by atoms with E-state index in [4.69, 9.17) is 0 Å². The molecule has 2 amide bonds. The first-order valence-corrected chi connectivity index (χ1v) is 6.32. The molecule has 0 rings (SSSR count). The largest absolute Gasteiger partial charge is 0.355 e. The van der Waals surface area contributed by atoms with Crippen molar-refractivity contribution in [3.8, 4) is 0 Å². The number of hydrogen-bond donors (Lipinski definition) is 2. The lowest BCUT2D eigenvalue weighted by Crippen LogP contribution is -2.42. The van der Waals surface area contributed by atoms with E-state index in [1.54, 1.807) is 4.90 Å². The second-order valence-electron chi connectivity index (χ2n) is 4.02. The van der Waals surface area contributed by atoms with Crippen molar-refractivity contribution >= 4 is 11.8 Å². The Kier molecular flexibility index (Phi) is 8.40. The highest BCUT2D eigenvalue weighted by atomic mass is 16.2. The van der Waals surface area contributed by atoms with Crippen LogP contribution in [-0.2, 0) is 9.59 Å². The van der Waals surface area contributed by atoms with Crippen molar-refractivity contribution < 1.29 is 9.59 Å². The molecule has 0 aromatic carbocycles. The lowest BCUT2D eigenvalue weighted by atomic mass is 10.2. The number of amides is 2. The zero-order chi connectivity index (χ0) is 13.3. The summed E-state index contributed by atoms with van der Waals surface area (Å²) in [5.41, 5.74) is 0. The molecule has 0 saturated heterocycles. The third-order valence-corrected chi connectivity index (χ3v) is 2.48. The van der Waals surface area contributed by atoms with Crippen LogP contribution in [0.5, 0.6) is 0 Å². The lowest BCUT2D eigenvalue weighted by Gasteiger charge is -2.22. The summed E-state index contributed by atoms with van der Waals surface area (Å²) in [6.07, 6.45) is 0.432. The van der Waals surface area contributed by atoms with Gasteiger partial charge in [-0.05, 0) is 27.3 Å². The van der Waals surface area contributed by atoms with Crippen molar-refractivity contribution in [3.63, 3.8) is 0 Å². The van der Waals surface area contributed by atoms with E-state index in [1.165, 1.54) is 0 Å². The molecule has 0 radical (unpaired) electrons. The maximum absolute atomic E-state index is 11.9. The van der Waals surface area contributed by atoms with Crippen LogP contribution in [0.1, 0.15) is 34.1 Å². The van der Waals surface area contributed by atoms with Gasteiger partial charge in [0.05, 0.1) is 6.54 Å². The van der Waals surface area contributed by atoms with E-state index in [0.717, 1.165) is 6.54 Å². The minimum Gasteiger partial charge on any atom is -0.355 e. The fourth-order valence-corrected chi connectivity index (χ4v) is 1.61. The smallest absolute Gasteiger partial charge is 0.239 e. The molecule has 0 aliphatic carbocycles. The van der Waals surface area contributed by atoms with E-state index in [-0.39, 0.29) is 24.4 Å². The monoisotopic (exact) mass is 243 g/mol. The van der Waals surface area contributed by atoms with Crippen LogP contribution in [0.3, 0.4) is 0 Å². The Balaban J connectivity index is 4.16. The Bertz CT molecular complexity index is 244. The van der Waals surface area contributed by atoms with E-state index in [2.05, 4.69) is 10.6 Å². The second kappa shape index (κ2) is 8.98. The fourth-order valence-electron chi connectivity index (χ4n) is 1.61. The Morgan fingerprint density at radius 2 is 1.82 bits per heavy atom. The van der Waals surface area contributed by atoms with Crippen molar-refractivity contribution in [1.82, 2.24) is 15.5 Å². The van der Waals surface area contributed by atoms with Crippen LogP contribution in [0.2, 0.25) is 0 Å². The molecule has 5 heteroatoms. The molecular formula is C12H25N3O2. The molecule has 1 atom stereocenters. The second-order valence-corrected chi connectivity index (χ2v) is 4.02. The Morgan fingerprint density at radius 1 is 1.18 bits per heavy atom. The highest BCUT2D eigenvalue weighted by Crippen LogP contribution is 1.98. The molecular weight excluding hydrogens is 218 g/mol. The molecule has 0 aliphatic heterocycles. The molecule has 0 heterocycles. The molecule has 5 nitrogen and oxygen atoms in total. The van der Waals surface area contributed by atoms with Crippen LogP contribution in [0.4, 0.5) is 0 Å². The summed E-state index contributed by atoms with van der Waals surface area (Å²) in [6.45, 7) is 9.89. The van der Waals surface area contributed by atoms with Crippen LogP contribution in [0, 0.1) is 0 Å². The van der Waals surface area contributed by atoms with Gasteiger partial charge in [-0.3, -0.25) is 9.59 Å². The minimum atomic E-state index is -0.0983. The quantitative estimate of drug-likeness (QED) is 0.647. The van der Waals surface area contributed by atoms with Crippen LogP contribution in [0.25, 0.3) is 0 Å². The zero-order valence-corrected chi connectivity index (χ0v) is 11.4. The molecule has 0 aromatic heterocycles. The van der Waals surface area contributed by atoms with E-state index < -0.39 is 0 Å². The summed E-state index contributed by atoms with van der Waals surface area (Å²) in [6, 6.07) is 0.149. The SMILES string of the molecule is CCNC(=O)CN(CC)C(=O)CC(C)NCC. The number of hydrogen-bond acceptors (Lipinski definition) is 3. The summed E-state index contributed by atoms with van der Waals surface area (Å²) in [5, 5.41) is 5.88. The average Bonchev–Trinajstić information content (AvgIpc) is 2.26. The highest BCUT2D eigenvalue weighted by Gasteiger charge is 2.17. The van der Waals surface area contributed by atoms with Crippen LogP contribution in [0.15, 0.2) is 0 Å². The number of nitrogens with zero attached hydrogens (tertiary/aromatic N) is 1. The van der Waals surface area contributed by atoms with Gasteiger partial charge < -0.3 is 15.5 Å². The van der Waals surface area contributed by atoms with Crippen LogP contribution >= 0.6 is 0 Å². The molecule has 0 fully saturated rings. The van der Waals surface area contributed by atoms with Gasteiger partial charge in [0.1, 0.15) is 0 Å². The van der Waals surface area contributed by atoms with Crippen molar-refractivity contribution in [3.05, 3.63) is 0 Å². The number of rotatable bonds is 8. The minimum absolute atomic E-state index is 0.0206. The van der Waals surface area contributed by atoms with Gasteiger partial charge in [0.25, 0.3) is 0 Å². The van der Waals surface area contributed by atoms with E-state index in [0.29, 0.717) is 19.5 Å². The van der Waals surface area contributed by atoms with Crippen molar-refractivity contribution in [2.75, 3.05) is 26.2 Å². The van der Waals surface area contributed by atoms with Crippen LogP contribution in [-0.4, -0.2) is 48.9 Å². The summed E-state index contributed by atoms with van der Waals surface area (Å²) in [7, 11) is 0. The predicted molar refractivity (Wildman–Crippen MR) is 68.7 cm³/mol. The summed E-state index contributed by atoms with van der Waals surface area (Å²) in [4.78, 5) is 24.9. The predicted octanol–water partition coefficient (Wildman–Crippen LogP) is 0.359. The molecule has 0 aromatic rings. The maximum atomic E-state index is 11.9. The first-order valence-electron chi connectivity index (χ1n) is 6.32. The molecule has 0 aliphatic rings. The molecule has 17 heavy (non-hydrogen) atoms. The number of nitrogens with one attached hydrogen (secondary N) is 2. The Morgan fingerprint density at radius 3 is 2.29 bits per heavy atom. The van der Waals surface area contributed by atoms with Gasteiger partial charge in [-0.2, -0.15) is 0 Å². The highest BCUT2D eigenvalue weighted by molar-refractivity contribution is 5.84. The van der Waals surface area contributed by atoms with Gasteiger partial charge in [0.2, 0.25) is 11.8 Å². The first-order chi connectivity index (χ1) is 8.04. The van der Waals surface area contributed by atoms with E-state index in [1.807, 2.05) is 27.7 Å². The third-order valence-electron chi connectivity index (χ3n) is 2.48. The summed E-state index contributed by atoms with van der Waals surface area (Å²) < 4.78 is 0. The molecule has 100 valence electrons. The standard InChI is InChI=1S/C12H25N3O2/c1-5-13-10(4)8-12(17)15(7-3)9-11(16)14-6-2/h10,13H,5-9H2,1-4H3,(H,14,16). The van der Waals surface area contributed by atoms with E-state index >= 15 is 0 Å². The normalized spacial score (nSPS) is 12.0. The Labute approximate surface area is 104 Å². The summed E-state index contributed by atoms with van der Waals surface area (Å²) >= 11 is 0.